The number of benzene rings is 1. The van der Waals surface area contributed by atoms with Crippen molar-refractivity contribution in [2.45, 2.75) is 26.2 Å². The maximum atomic E-state index is 11.4. The summed E-state index contributed by atoms with van der Waals surface area (Å²) < 4.78 is 22.8. The number of anilines is 1. The van der Waals surface area contributed by atoms with Crippen molar-refractivity contribution in [3.05, 3.63) is 34.7 Å². The van der Waals surface area contributed by atoms with E-state index in [0.29, 0.717) is 11.1 Å². The molecule has 0 unspecified atom stereocenters. The minimum Gasteiger partial charge on any atom is -0.372 e. The van der Waals surface area contributed by atoms with Crippen LogP contribution in [0.5, 0.6) is 0 Å². The van der Waals surface area contributed by atoms with E-state index in [0.717, 1.165) is 18.8 Å². The van der Waals surface area contributed by atoms with Gasteiger partial charge in [-0.2, -0.15) is 5.26 Å². The zero-order valence-corrected chi connectivity index (χ0v) is 12.9. The van der Waals surface area contributed by atoms with Crippen LogP contribution in [0.2, 0.25) is 0 Å². The maximum absolute atomic E-state index is 11.4. The highest BCUT2D eigenvalue weighted by molar-refractivity contribution is 7.93. The van der Waals surface area contributed by atoms with E-state index < -0.39 is 10.0 Å². The Morgan fingerprint density at radius 2 is 1.76 bits per heavy atom. The fourth-order valence-electron chi connectivity index (χ4n) is 2.57. The van der Waals surface area contributed by atoms with Crippen molar-refractivity contribution in [3.63, 3.8) is 0 Å². The molecule has 1 aliphatic rings. The maximum Gasteiger partial charge on any atom is 0.248 e. The number of nitriles is 1. The zero-order valence-electron chi connectivity index (χ0n) is 12.0. The number of sulfonamides is 1. The molecule has 1 saturated heterocycles. The van der Waals surface area contributed by atoms with Crippen LogP contribution in [0.4, 0.5) is 5.69 Å². The van der Waals surface area contributed by atoms with E-state index >= 15 is 0 Å². The molecule has 1 aromatic carbocycles. The molecule has 21 heavy (non-hydrogen) atoms. The van der Waals surface area contributed by atoms with Crippen LogP contribution in [0.3, 0.4) is 0 Å². The highest BCUT2D eigenvalue weighted by Gasteiger charge is 2.17. The molecule has 1 aliphatic heterocycles. The van der Waals surface area contributed by atoms with E-state index in [-0.39, 0.29) is 4.91 Å². The summed E-state index contributed by atoms with van der Waals surface area (Å²) in [6, 6.07) is 9.27. The minimum absolute atomic E-state index is 0.380. The van der Waals surface area contributed by atoms with Crippen LogP contribution in [0.25, 0.3) is 5.57 Å². The molecule has 1 heterocycles. The zero-order chi connectivity index (χ0) is 15.5. The van der Waals surface area contributed by atoms with Gasteiger partial charge in [0.1, 0.15) is 6.07 Å². The number of piperidine rings is 1. The Morgan fingerprint density at radius 1 is 1.19 bits per heavy atom. The first-order valence-electron chi connectivity index (χ1n) is 6.92. The van der Waals surface area contributed by atoms with Gasteiger partial charge in [-0.25, -0.2) is 13.6 Å². The Morgan fingerprint density at radius 3 is 2.24 bits per heavy atom. The summed E-state index contributed by atoms with van der Waals surface area (Å²) in [6.45, 7) is 3.70. The predicted molar refractivity (Wildman–Crippen MR) is 83.8 cm³/mol. The Balaban J connectivity index is 2.30. The van der Waals surface area contributed by atoms with Gasteiger partial charge in [-0.1, -0.05) is 12.1 Å². The Kier molecular flexibility index (Phi) is 4.66. The Hall–Kier alpha value is -1.84. The van der Waals surface area contributed by atoms with Crippen molar-refractivity contribution in [1.82, 2.24) is 0 Å². The standard InChI is InChI=1S/C15H19N3O2S/c1-12(15(11-16)21(17,19)20)13-5-7-14(8-6-13)18-9-3-2-4-10-18/h5-8H,2-4,9-10H2,1H3,(H2,17,19,20)/b15-12+. The second kappa shape index (κ2) is 6.29. The summed E-state index contributed by atoms with van der Waals surface area (Å²) in [5.41, 5.74) is 2.20. The van der Waals surface area contributed by atoms with Gasteiger partial charge >= 0.3 is 0 Å². The SMILES string of the molecule is C/C(=C(/C#N)S(N)(=O)=O)c1ccc(N2CCCCC2)cc1. The number of primary sulfonamides is 1. The molecule has 5 nitrogen and oxygen atoms in total. The minimum atomic E-state index is -3.98. The summed E-state index contributed by atoms with van der Waals surface area (Å²) in [7, 11) is -3.98. The fourth-order valence-corrected chi connectivity index (χ4v) is 3.24. The van der Waals surface area contributed by atoms with Crippen LogP contribution in [0.1, 0.15) is 31.7 Å². The molecule has 0 bridgehead atoms. The van der Waals surface area contributed by atoms with E-state index in [1.165, 1.54) is 19.3 Å². The van der Waals surface area contributed by atoms with Gasteiger partial charge < -0.3 is 4.90 Å². The molecule has 0 amide bonds. The number of allylic oxidation sites excluding steroid dienone is 2. The van der Waals surface area contributed by atoms with Crippen molar-refractivity contribution in [2.24, 2.45) is 5.14 Å². The molecule has 0 aromatic heterocycles. The van der Waals surface area contributed by atoms with Gasteiger partial charge in [-0.05, 0) is 49.5 Å². The molecular weight excluding hydrogens is 286 g/mol. The first-order chi connectivity index (χ1) is 9.93. The van der Waals surface area contributed by atoms with Crippen molar-refractivity contribution >= 4 is 21.3 Å². The summed E-state index contributed by atoms with van der Waals surface area (Å²) in [6.07, 6.45) is 3.67. The normalized spacial score (nSPS) is 17.1. The van der Waals surface area contributed by atoms with E-state index in [2.05, 4.69) is 4.90 Å². The van der Waals surface area contributed by atoms with Gasteiger partial charge in [-0.3, -0.25) is 0 Å². The molecule has 0 aliphatic carbocycles. The summed E-state index contributed by atoms with van der Waals surface area (Å²) in [5.74, 6) is 0. The topological polar surface area (TPSA) is 87.2 Å². The van der Waals surface area contributed by atoms with Crippen LogP contribution < -0.4 is 10.0 Å². The second-order valence-corrected chi connectivity index (χ2v) is 6.70. The van der Waals surface area contributed by atoms with Crippen LogP contribution in [0.15, 0.2) is 29.2 Å². The largest absolute Gasteiger partial charge is 0.372 e. The number of nitrogens with zero attached hydrogens (tertiary/aromatic N) is 2. The summed E-state index contributed by atoms with van der Waals surface area (Å²) >= 11 is 0. The quantitative estimate of drug-likeness (QED) is 0.867. The smallest absolute Gasteiger partial charge is 0.248 e. The van der Waals surface area contributed by atoms with Crippen LogP contribution in [0, 0.1) is 11.3 Å². The van der Waals surface area contributed by atoms with Gasteiger partial charge in [0.2, 0.25) is 10.0 Å². The van der Waals surface area contributed by atoms with Gasteiger partial charge in [0.15, 0.2) is 4.91 Å². The molecular formula is C15H19N3O2S. The third kappa shape index (κ3) is 3.63. The van der Waals surface area contributed by atoms with Gasteiger partial charge in [0.25, 0.3) is 0 Å². The molecule has 6 heteroatoms. The molecule has 0 atom stereocenters. The summed E-state index contributed by atoms with van der Waals surface area (Å²) in [5, 5.41) is 14.0. The highest BCUT2D eigenvalue weighted by atomic mass is 32.2. The van der Waals surface area contributed by atoms with Crippen LogP contribution in [-0.4, -0.2) is 21.5 Å². The van der Waals surface area contributed by atoms with Crippen LogP contribution >= 0.6 is 0 Å². The third-order valence-electron chi connectivity index (χ3n) is 3.75. The van der Waals surface area contributed by atoms with Crippen molar-refractivity contribution < 1.29 is 8.42 Å². The van der Waals surface area contributed by atoms with Crippen LogP contribution in [-0.2, 0) is 10.0 Å². The lowest BCUT2D eigenvalue weighted by Crippen LogP contribution is -2.29. The highest BCUT2D eigenvalue weighted by Crippen LogP contribution is 2.25. The Bertz CT molecular complexity index is 679. The molecule has 1 aromatic rings. The third-order valence-corrected chi connectivity index (χ3v) is 4.71. The first kappa shape index (κ1) is 15.5. The van der Waals surface area contributed by atoms with E-state index in [1.54, 1.807) is 13.0 Å². The number of hydrogen-bond donors (Lipinski definition) is 1. The lowest BCUT2D eigenvalue weighted by atomic mass is 10.1. The first-order valence-corrected chi connectivity index (χ1v) is 8.47. The average Bonchev–Trinajstić information content (AvgIpc) is 2.47. The van der Waals surface area contributed by atoms with Crippen molar-refractivity contribution in [1.29, 1.82) is 5.26 Å². The van der Waals surface area contributed by atoms with Crippen molar-refractivity contribution in [3.8, 4) is 6.07 Å². The summed E-state index contributed by atoms with van der Waals surface area (Å²) in [4.78, 5) is 1.94. The lowest BCUT2D eigenvalue weighted by molar-refractivity contribution is 0.578. The molecule has 2 rings (SSSR count). The molecule has 112 valence electrons. The molecule has 0 radical (unpaired) electrons. The lowest BCUT2D eigenvalue weighted by Gasteiger charge is -2.28. The van der Waals surface area contributed by atoms with Crippen molar-refractivity contribution in [2.75, 3.05) is 18.0 Å². The average molecular weight is 305 g/mol. The van der Waals surface area contributed by atoms with E-state index in [4.69, 9.17) is 10.4 Å². The second-order valence-electron chi connectivity index (χ2n) is 5.21. The van der Waals surface area contributed by atoms with E-state index in [9.17, 15) is 8.42 Å². The van der Waals surface area contributed by atoms with E-state index in [1.807, 2.05) is 24.3 Å². The van der Waals surface area contributed by atoms with Gasteiger partial charge in [0, 0.05) is 18.8 Å². The fraction of sp³-hybridized carbons (Fsp3) is 0.400. The molecule has 1 fully saturated rings. The molecule has 0 spiro atoms. The molecule has 0 saturated carbocycles. The number of nitrogens with two attached hydrogens (primary N) is 1. The predicted octanol–water partition coefficient (Wildman–Crippen LogP) is 2.22. The van der Waals surface area contributed by atoms with Gasteiger partial charge in [-0.15, -0.1) is 0 Å². The number of rotatable bonds is 3. The number of hydrogen-bond acceptors (Lipinski definition) is 4. The monoisotopic (exact) mass is 305 g/mol. The Labute approximate surface area is 125 Å². The molecule has 2 N–H and O–H groups in total. The van der Waals surface area contributed by atoms with Gasteiger partial charge in [0.05, 0.1) is 0 Å².